The van der Waals surface area contributed by atoms with Gasteiger partial charge < -0.3 is 10.0 Å². The second-order valence-electron chi connectivity index (χ2n) is 5.09. The number of nitroso groups, excluding NO2 is 1. The molecule has 1 fully saturated rings. The molecule has 0 spiro atoms. The van der Waals surface area contributed by atoms with Gasteiger partial charge in [-0.3, -0.25) is 5.01 Å². The summed E-state index contributed by atoms with van der Waals surface area (Å²) in [6.45, 7) is 6.71. The van der Waals surface area contributed by atoms with E-state index in [1.807, 2.05) is 20.8 Å². The fourth-order valence-electron chi connectivity index (χ4n) is 2.18. The van der Waals surface area contributed by atoms with Gasteiger partial charge in [-0.15, -0.1) is 4.91 Å². The molecule has 0 unspecified atom stereocenters. The molecule has 1 rings (SSSR count). The number of carboxylic acid groups (broad SMARTS) is 1. The third kappa shape index (κ3) is 2.84. The number of hydrogen-bond acceptors (Lipinski definition) is 3. The van der Waals surface area contributed by atoms with Crippen LogP contribution in [-0.4, -0.2) is 45.8 Å². The van der Waals surface area contributed by atoms with Crippen LogP contribution in [0.3, 0.4) is 0 Å². The first-order chi connectivity index (χ1) is 7.36. The van der Waals surface area contributed by atoms with Crippen molar-refractivity contribution in [2.24, 2.45) is 5.29 Å². The molecule has 1 heterocycles. The Balaban J connectivity index is 2.68. The summed E-state index contributed by atoms with van der Waals surface area (Å²) in [5.41, 5.74) is -0.409. The van der Waals surface area contributed by atoms with Crippen LogP contribution in [0, 0.1) is 4.91 Å². The van der Waals surface area contributed by atoms with E-state index in [0.717, 1.165) is 0 Å². The molecule has 0 atom stereocenters. The Morgan fingerprint density at radius 3 is 2.19 bits per heavy atom. The summed E-state index contributed by atoms with van der Waals surface area (Å²) in [6, 6.07) is -0.0181. The van der Waals surface area contributed by atoms with Crippen LogP contribution in [0.25, 0.3) is 0 Å². The average Bonchev–Trinajstić information content (AvgIpc) is 2.16. The minimum absolute atomic E-state index is 0.0181. The van der Waals surface area contributed by atoms with Crippen molar-refractivity contribution in [3.63, 3.8) is 0 Å². The van der Waals surface area contributed by atoms with E-state index in [2.05, 4.69) is 5.29 Å². The Bertz CT molecular complexity index is 267. The zero-order valence-electron chi connectivity index (χ0n) is 10.0. The van der Waals surface area contributed by atoms with Gasteiger partial charge in [0.15, 0.2) is 0 Å². The van der Waals surface area contributed by atoms with Gasteiger partial charge in [-0.05, 0) is 33.6 Å². The van der Waals surface area contributed by atoms with Crippen LogP contribution in [0.1, 0.15) is 33.6 Å². The van der Waals surface area contributed by atoms with Crippen LogP contribution in [0.5, 0.6) is 0 Å². The minimum atomic E-state index is -0.898. The lowest BCUT2D eigenvalue weighted by Crippen LogP contribution is -2.54. The highest BCUT2D eigenvalue weighted by atomic mass is 16.4. The predicted molar refractivity (Wildman–Crippen MR) is 60.0 cm³/mol. The molecule has 1 amide bonds. The van der Waals surface area contributed by atoms with Crippen molar-refractivity contribution < 1.29 is 9.90 Å². The minimum Gasteiger partial charge on any atom is -0.465 e. The molecule has 16 heavy (non-hydrogen) atoms. The average molecular weight is 229 g/mol. The number of nitrogens with zero attached hydrogens (tertiary/aromatic N) is 3. The molecule has 1 saturated heterocycles. The fourth-order valence-corrected chi connectivity index (χ4v) is 2.18. The maximum atomic E-state index is 11.2. The summed E-state index contributed by atoms with van der Waals surface area (Å²) in [7, 11) is 0. The monoisotopic (exact) mass is 229 g/mol. The van der Waals surface area contributed by atoms with Gasteiger partial charge >= 0.3 is 6.09 Å². The van der Waals surface area contributed by atoms with E-state index in [9.17, 15) is 14.8 Å². The number of piperidine rings is 1. The highest BCUT2D eigenvalue weighted by Crippen LogP contribution is 2.24. The Morgan fingerprint density at radius 2 is 1.88 bits per heavy atom. The van der Waals surface area contributed by atoms with E-state index in [-0.39, 0.29) is 6.04 Å². The second-order valence-corrected chi connectivity index (χ2v) is 5.09. The van der Waals surface area contributed by atoms with Gasteiger partial charge in [0.05, 0.1) is 5.29 Å². The molecule has 0 aliphatic carbocycles. The quantitative estimate of drug-likeness (QED) is 0.734. The van der Waals surface area contributed by atoms with Crippen molar-refractivity contribution in [2.75, 3.05) is 13.1 Å². The van der Waals surface area contributed by atoms with Crippen LogP contribution in [0.2, 0.25) is 0 Å². The van der Waals surface area contributed by atoms with Gasteiger partial charge in [0.1, 0.15) is 0 Å². The van der Waals surface area contributed by atoms with Crippen molar-refractivity contribution in [1.82, 2.24) is 9.91 Å². The number of amides is 1. The lowest BCUT2D eigenvalue weighted by Gasteiger charge is -2.42. The van der Waals surface area contributed by atoms with E-state index in [1.54, 1.807) is 0 Å². The molecule has 0 aromatic heterocycles. The summed E-state index contributed by atoms with van der Waals surface area (Å²) in [6.07, 6.45) is 0.426. The molecule has 1 aliphatic rings. The summed E-state index contributed by atoms with van der Waals surface area (Å²) in [5.74, 6) is 0. The van der Waals surface area contributed by atoms with Crippen LogP contribution >= 0.6 is 0 Å². The molecular weight excluding hydrogens is 210 g/mol. The molecule has 6 nitrogen and oxygen atoms in total. The van der Waals surface area contributed by atoms with Crippen molar-refractivity contribution in [3.8, 4) is 0 Å². The van der Waals surface area contributed by atoms with Gasteiger partial charge in [-0.1, -0.05) is 0 Å². The van der Waals surface area contributed by atoms with Crippen molar-refractivity contribution in [2.45, 2.75) is 45.2 Å². The molecule has 1 N–H and O–H groups in total. The first-order valence-corrected chi connectivity index (χ1v) is 5.46. The smallest absolute Gasteiger partial charge is 0.407 e. The van der Waals surface area contributed by atoms with Gasteiger partial charge in [0, 0.05) is 24.7 Å². The molecule has 0 aromatic rings. The number of carbonyl (C=O) groups is 1. The van der Waals surface area contributed by atoms with Crippen molar-refractivity contribution in [3.05, 3.63) is 4.91 Å². The van der Waals surface area contributed by atoms with Crippen LogP contribution in [0.4, 0.5) is 4.79 Å². The van der Waals surface area contributed by atoms with Crippen LogP contribution in [-0.2, 0) is 0 Å². The molecule has 0 saturated carbocycles. The lowest BCUT2D eigenvalue weighted by atomic mass is 9.97. The van der Waals surface area contributed by atoms with Gasteiger partial charge in [0.25, 0.3) is 0 Å². The lowest BCUT2D eigenvalue weighted by molar-refractivity contribution is 0.0423. The Labute approximate surface area is 95.2 Å². The first kappa shape index (κ1) is 12.7. The van der Waals surface area contributed by atoms with E-state index in [0.29, 0.717) is 25.9 Å². The summed E-state index contributed by atoms with van der Waals surface area (Å²) in [4.78, 5) is 23.0. The molecule has 92 valence electrons. The van der Waals surface area contributed by atoms with Gasteiger partial charge in [-0.2, -0.15) is 0 Å². The highest BCUT2D eigenvalue weighted by molar-refractivity contribution is 5.66. The van der Waals surface area contributed by atoms with E-state index in [1.165, 1.54) is 9.91 Å². The SMILES string of the molecule is CC(C)(C)N(C(=O)O)C1CCN(N=O)CC1. The third-order valence-corrected chi connectivity index (χ3v) is 2.85. The topological polar surface area (TPSA) is 73.2 Å². The largest absolute Gasteiger partial charge is 0.465 e. The first-order valence-electron chi connectivity index (χ1n) is 5.46. The number of rotatable bonds is 2. The zero-order valence-corrected chi connectivity index (χ0v) is 10.0. The highest BCUT2D eigenvalue weighted by Gasteiger charge is 2.35. The molecule has 1 aliphatic heterocycles. The van der Waals surface area contributed by atoms with E-state index < -0.39 is 11.6 Å². The van der Waals surface area contributed by atoms with Crippen molar-refractivity contribution in [1.29, 1.82) is 0 Å². The molecule has 0 radical (unpaired) electrons. The van der Waals surface area contributed by atoms with E-state index in [4.69, 9.17) is 0 Å². The van der Waals surface area contributed by atoms with E-state index >= 15 is 0 Å². The van der Waals surface area contributed by atoms with Gasteiger partial charge in [-0.25, -0.2) is 4.79 Å². The molecule has 6 heteroatoms. The molecular formula is C10H19N3O3. The Kier molecular flexibility index (Phi) is 3.72. The normalized spacial score (nSPS) is 18.3. The number of hydrogen-bond donors (Lipinski definition) is 1. The van der Waals surface area contributed by atoms with Gasteiger partial charge in [0.2, 0.25) is 0 Å². The Hall–Kier alpha value is -1.33. The van der Waals surface area contributed by atoms with Crippen molar-refractivity contribution >= 4 is 6.09 Å². The molecule has 0 bridgehead atoms. The summed E-state index contributed by atoms with van der Waals surface area (Å²) >= 11 is 0. The zero-order chi connectivity index (χ0) is 12.3. The predicted octanol–water partition coefficient (Wildman–Crippen LogP) is 1.91. The maximum Gasteiger partial charge on any atom is 0.407 e. The van der Waals surface area contributed by atoms with Crippen LogP contribution in [0.15, 0.2) is 5.29 Å². The second kappa shape index (κ2) is 4.67. The summed E-state index contributed by atoms with van der Waals surface area (Å²) < 4.78 is 0. The summed E-state index contributed by atoms with van der Waals surface area (Å²) in [5, 5.41) is 13.5. The standard InChI is InChI=1S/C10H19N3O3/c1-10(2,3)13(9(14)15)8-4-6-12(11-16)7-5-8/h8H,4-7H2,1-3H3,(H,14,15). The van der Waals surface area contributed by atoms with Crippen LogP contribution < -0.4 is 0 Å². The maximum absolute atomic E-state index is 11.2. The third-order valence-electron chi connectivity index (χ3n) is 2.85. The molecule has 0 aromatic carbocycles. The fraction of sp³-hybridized carbons (Fsp3) is 0.900. The Morgan fingerprint density at radius 1 is 1.38 bits per heavy atom.